The third-order valence-corrected chi connectivity index (χ3v) is 3.94. The van der Waals surface area contributed by atoms with E-state index in [0.717, 1.165) is 12.1 Å². The summed E-state index contributed by atoms with van der Waals surface area (Å²) in [6, 6.07) is 5.31. The molecule has 0 aromatic heterocycles. The summed E-state index contributed by atoms with van der Waals surface area (Å²) in [6.45, 7) is 2.26. The van der Waals surface area contributed by atoms with Gasteiger partial charge in [0, 0.05) is 17.8 Å². The predicted octanol–water partition coefficient (Wildman–Crippen LogP) is 3.56. The fourth-order valence-corrected chi connectivity index (χ4v) is 2.73. The van der Waals surface area contributed by atoms with E-state index in [1.165, 1.54) is 31.7 Å². The maximum absolute atomic E-state index is 10.7. The van der Waals surface area contributed by atoms with Gasteiger partial charge in [0.1, 0.15) is 5.69 Å². The summed E-state index contributed by atoms with van der Waals surface area (Å²) in [5, 5.41) is 14.2. The van der Waals surface area contributed by atoms with Gasteiger partial charge in [-0.05, 0) is 30.9 Å². The zero-order valence-electron chi connectivity index (χ0n) is 11.3. The molecule has 0 bridgehead atoms. The van der Waals surface area contributed by atoms with Crippen molar-refractivity contribution in [3.05, 3.63) is 28.3 Å². The molecule has 0 saturated heterocycles. The molecule has 0 amide bonds. The van der Waals surface area contributed by atoms with Crippen molar-refractivity contribution in [2.24, 2.45) is 5.92 Å². The zero-order valence-corrected chi connectivity index (χ0v) is 11.3. The number of nitrogens with two attached hydrogens (primary N) is 1. The normalized spacial score (nSPS) is 23.6. The zero-order chi connectivity index (χ0) is 13.8. The second-order valence-electron chi connectivity index (χ2n) is 5.40. The highest BCUT2D eigenvalue weighted by Gasteiger charge is 2.20. The van der Waals surface area contributed by atoms with Gasteiger partial charge >= 0.3 is 0 Å². The van der Waals surface area contributed by atoms with Crippen molar-refractivity contribution in [1.82, 2.24) is 0 Å². The van der Waals surface area contributed by atoms with Crippen molar-refractivity contribution in [1.29, 1.82) is 0 Å². The fraction of sp³-hybridized carbons (Fsp3) is 0.571. The van der Waals surface area contributed by atoms with E-state index in [-0.39, 0.29) is 11.4 Å². The fourth-order valence-electron chi connectivity index (χ4n) is 2.73. The summed E-state index contributed by atoms with van der Waals surface area (Å²) in [7, 11) is 0. The first-order valence-electron chi connectivity index (χ1n) is 6.88. The molecule has 2 atom stereocenters. The highest BCUT2D eigenvalue weighted by atomic mass is 16.6. The van der Waals surface area contributed by atoms with Crippen LogP contribution in [-0.4, -0.2) is 11.0 Å². The first-order chi connectivity index (χ1) is 9.08. The highest BCUT2D eigenvalue weighted by Crippen LogP contribution is 2.29. The first-order valence-corrected chi connectivity index (χ1v) is 6.88. The highest BCUT2D eigenvalue weighted by molar-refractivity contribution is 5.66. The molecule has 0 spiro atoms. The van der Waals surface area contributed by atoms with Gasteiger partial charge in [0.05, 0.1) is 4.92 Å². The Balaban J connectivity index is 2.10. The molecule has 1 aliphatic rings. The van der Waals surface area contributed by atoms with Crippen molar-refractivity contribution < 1.29 is 4.92 Å². The molecule has 2 unspecified atom stereocenters. The van der Waals surface area contributed by atoms with Gasteiger partial charge in [0.15, 0.2) is 0 Å². The minimum atomic E-state index is -0.451. The SMILES string of the molecule is CC1CCCCCC1Nc1ccc([N+](=O)[O-])c(N)c1. The molecule has 2 rings (SSSR count). The van der Waals surface area contributed by atoms with Gasteiger partial charge in [0.25, 0.3) is 5.69 Å². The van der Waals surface area contributed by atoms with Crippen LogP contribution in [0.4, 0.5) is 17.1 Å². The summed E-state index contributed by atoms with van der Waals surface area (Å²) in [5.41, 5.74) is 6.78. The lowest BCUT2D eigenvalue weighted by Gasteiger charge is -2.24. The molecule has 1 aromatic rings. The summed E-state index contributed by atoms with van der Waals surface area (Å²) in [6.07, 6.45) is 6.22. The van der Waals surface area contributed by atoms with Gasteiger partial charge < -0.3 is 11.1 Å². The summed E-state index contributed by atoms with van der Waals surface area (Å²) >= 11 is 0. The van der Waals surface area contributed by atoms with Crippen molar-refractivity contribution in [3.63, 3.8) is 0 Å². The van der Waals surface area contributed by atoms with E-state index < -0.39 is 4.92 Å². The lowest BCUT2D eigenvalue weighted by atomic mass is 9.96. The third kappa shape index (κ3) is 3.36. The van der Waals surface area contributed by atoms with Crippen molar-refractivity contribution in [2.45, 2.75) is 45.1 Å². The Morgan fingerprint density at radius 1 is 1.32 bits per heavy atom. The number of nitro benzene ring substituents is 1. The molecular weight excluding hydrogens is 242 g/mol. The van der Waals surface area contributed by atoms with Gasteiger partial charge in [-0.3, -0.25) is 10.1 Å². The Kier molecular flexibility index (Phi) is 4.24. The molecule has 1 saturated carbocycles. The van der Waals surface area contributed by atoms with E-state index in [0.29, 0.717) is 12.0 Å². The quantitative estimate of drug-likeness (QED) is 0.378. The Hall–Kier alpha value is -1.78. The van der Waals surface area contributed by atoms with Crippen molar-refractivity contribution in [3.8, 4) is 0 Å². The van der Waals surface area contributed by atoms with Crippen LogP contribution >= 0.6 is 0 Å². The van der Waals surface area contributed by atoms with E-state index in [1.54, 1.807) is 12.1 Å². The molecular formula is C14H21N3O2. The molecule has 5 nitrogen and oxygen atoms in total. The molecule has 0 radical (unpaired) electrons. The largest absolute Gasteiger partial charge is 0.393 e. The predicted molar refractivity (Wildman–Crippen MR) is 77.2 cm³/mol. The first kappa shape index (κ1) is 13.6. The number of nitrogen functional groups attached to an aromatic ring is 1. The van der Waals surface area contributed by atoms with E-state index >= 15 is 0 Å². The molecule has 3 N–H and O–H groups in total. The number of rotatable bonds is 3. The average molecular weight is 263 g/mol. The molecule has 5 heteroatoms. The van der Waals surface area contributed by atoms with Gasteiger partial charge in [-0.1, -0.05) is 26.2 Å². The number of nitro groups is 1. The number of hydrogen-bond donors (Lipinski definition) is 2. The summed E-state index contributed by atoms with van der Waals surface area (Å²) in [4.78, 5) is 10.3. The Bertz CT molecular complexity index is 462. The molecule has 104 valence electrons. The third-order valence-electron chi connectivity index (χ3n) is 3.94. The average Bonchev–Trinajstić information content (AvgIpc) is 2.55. The van der Waals surface area contributed by atoms with Gasteiger partial charge in [-0.2, -0.15) is 0 Å². The van der Waals surface area contributed by atoms with Crippen LogP contribution in [0.3, 0.4) is 0 Å². The van der Waals surface area contributed by atoms with Crippen LogP contribution in [0.1, 0.15) is 39.0 Å². The minimum Gasteiger partial charge on any atom is -0.393 e. The van der Waals surface area contributed by atoms with Crippen molar-refractivity contribution >= 4 is 17.1 Å². The number of nitrogens with one attached hydrogen (secondary N) is 1. The smallest absolute Gasteiger partial charge is 0.292 e. The number of nitrogens with zero attached hydrogens (tertiary/aromatic N) is 1. The molecule has 1 fully saturated rings. The Labute approximate surface area is 113 Å². The second-order valence-corrected chi connectivity index (χ2v) is 5.40. The van der Waals surface area contributed by atoms with E-state index in [9.17, 15) is 10.1 Å². The Morgan fingerprint density at radius 2 is 2.05 bits per heavy atom. The summed E-state index contributed by atoms with van der Waals surface area (Å²) < 4.78 is 0. The van der Waals surface area contributed by atoms with Gasteiger partial charge in [0.2, 0.25) is 0 Å². The molecule has 1 aliphatic carbocycles. The lowest BCUT2D eigenvalue weighted by molar-refractivity contribution is -0.383. The van der Waals surface area contributed by atoms with Crippen LogP contribution in [0.2, 0.25) is 0 Å². The maximum Gasteiger partial charge on any atom is 0.292 e. The molecule has 19 heavy (non-hydrogen) atoms. The number of benzene rings is 1. The van der Waals surface area contributed by atoms with Crippen LogP contribution < -0.4 is 11.1 Å². The topological polar surface area (TPSA) is 81.2 Å². The standard InChI is InChI=1S/C14H21N3O2/c1-10-5-3-2-4-6-13(10)16-11-7-8-14(17(18)19)12(15)9-11/h7-10,13,16H,2-6,15H2,1H3. The molecule has 0 heterocycles. The van der Waals surface area contributed by atoms with Crippen LogP contribution in [-0.2, 0) is 0 Å². The maximum atomic E-state index is 10.7. The van der Waals surface area contributed by atoms with Crippen LogP contribution in [0, 0.1) is 16.0 Å². The van der Waals surface area contributed by atoms with Crippen LogP contribution in [0.15, 0.2) is 18.2 Å². The van der Waals surface area contributed by atoms with Crippen LogP contribution in [0.5, 0.6) is 0 Å². The summed E-state index contributed by atoms with van der Waals surface area (Å²) in [5.74, 6) is 0.624. The lowest BCUT2D eigenvalue weighted by Crippen LogP contribution is -2.26. The van der Waals surface area contributed by atoms with E-state index in [1.807, 2.05) is 0 Å². The van der Waals surface area contributed by atoms with Gasteiger partial charge in [-0.15, -0.1) is 0 Å². The molecule has 0 aliphatic heterocycles. The van der Waals surface area contributed by atoms with Crippen molar-refractivity contribution in [2.75, 3.05) is 11.1 Å². The van der Waals surface area contributed by atoms with Gasteiger partial charge in [-0.25, -0.2) is 0 Å². The Morgan fingerprint density at radius 3 is 2.74 bits per heavy atom. The number of anilines is 2. The van der Waals surface area contributed by atoms with E-state index in [4.69, 9.17) is 5.73 Å². The van der Waals surface area contributed by atoms with Crippen LogP contribution in [0.25, 0.3) is 0 Å². The van der Waals surface area contributed by atoms with E-state index in [2.05, 4.69) is 12.2 Å². The minimum absolute atomic E-state index is 0.0283. The molecule has 1 aromatic carbocycles. The monoisotopic (exact) mass is 263 g/mol. The second kappa shape index (κ2) is 5.91. The number of hydrogen-bond acceptors (Lipinski definition) is 4.